The van der Waals surface area contributed by atoms with Crippen molar-refractivity contribution < 1.29 is 4.92 Å². The molecule has 0 saturated carbocycles. The van der Waals surface area contributed by atoms with E-state index in [4.69, 9.17) is 11.6 Å². The van der Waals surface area contributed by atoms with Gasteiger partial charge in [0.05, 0.1) is 10.5 Å². The molecule has 1 aromatic heterocycles. The third-order valence-electron chi connectivity index (χ3n) is 2.35. The highest BCUT2D eigenvalue weighted by Gasteiger charge is 2.18. The van der Waals surface area contributed by atoms with Crippen LogP contribution in [0.15, 0.2) is 18.2 Å². The smallest absolute Gasteiger partial charge is 0.258 e. The van der Waals surface area contributed by atoms with Gasteiger partial charge >= 0.3 is 0 Å². The van der Waals surface area contributed by atoms with Crippen molar-refractivity contribution in [2.45, 2.75) is 13.3 Å². The molecule has 0 aliphatic carbocycles. The molecule has 0 bridgehead atoms. The molecule has 94 valence electrons. The standard InChI is InChI=1S/C11H10ClN3O2S/c1-7-2-3-9(15(16)17)8(6-7)11-14-13-10(18-11)4-5-12/h2-3,6H,4-5H2,1H3. The number of aryl methyl sites for hydroxylation is 2. The number of nitro benzene ring substituents is 1. The molecule has 2 rings (SSSR count). The highest BCUT2D eigenvalue weighted by molar-refractivity contribution is 7.14. The first-order valence-corrected chi connectivity index (χ1v) is 6.60. The summed E-state index contributed by atoms with van der Waals surface area (Å²) in [4.78, 5) is 10.6. The molecular weight excluding hydrogens is 274 g/mol. The van der Waals surface area contributed by atoms with Crippen LogP contribution in [0.5, 0.6) is 0 Å². The predicted molar refractivity (Wildman–Crippen MR) is 71.2 cm³/mol. The number of alkyl halides is 1. The van der Waals surface area contributed by atoms with Gasteiger partial charge in [0.2, 0.25) is 0 Å². The number of halogens is 1. The minimum Gasteiger partial charge on any atom is -0.258 e. The van der Waals surface area contributed by atoms with Crippen molar-refractivity contribution in [1.82, 2.24) is 10.2 Å². The average Bonchev–Trinajstić information content (AvgIpc) is 2.77. The molecule has 0 aliphatic rings. The van der Waals surface area contributed by atoms with E-state index >= 15 is 0 Å². The first-order chi connectivity index (χ1) is 8.61. The number of nitro groups is 1. The Morgan fingerprint density at radius 2 is 2.22 bits per heavy atom. The topological polar surface area (TPSA) is 68.9 Å². The lowest BCUT2D eigenvalue weighted by atomic mass is 10.1. The van der Waals surface area contributed by atoms with Crippen LogP contribution in [-0.4, -0.2) is 21.0 Å². The molecule has 0 aliphatic heterocycles. The maximum absolute atomic E-state index is 11.0. The summed E-state index contributed by atoms with van der Waals surface area (Å²) in [5, 5.41) is 20.3. The summed E-state index contributed by atoms with van der Waals surface area (Å²) in [5.74, 6) is 0.463. The van der Waals surface area contributed by atoms with Gasteiger partial charge in [-0.2, -0.15) is 0 Å². The third-order valence-corrected chi connectivity index (χ3v) is 3.56. The fourth-order valence-corrected chi connectivity index (χ4v) is 2.68. The lowest BCUT2D eigenvalue weighted by molar-refractivity contribution is -0.384. The minimum atomic E-state index is -0.405. The van der Waals surface area contributed by atoms with Crippen LogP contribution in [0.4, 0.5) is 5.69 Å². The van der Waals surface area contributed by atoms with Gasteiger partial charge in [0.25, 0.3) is 5.69 Å². The van der Waals surface area contributed by atoms with E-state index in [-0.39, 0.29) is 5.69 Å². The van der Waals surface area contributed by atoms with Gasteiger partial charge in [-0.25, -0.2) is 0 Å². The van der Waals surface area contributed by atoms with Crippen molar-refractivity contribution in [2.24, 2.45) is 0 Å². The third kappa shape index (κ3) is 2.65. The number of aromatic nitrogens is 2. The van der Waals surface area contributed by atoms with Crippen LogP contribution in [-0.2, 0) is 6.42 Å². The molecule has 7 heteroatoms. The number of benzene rings is 1. The predicted octanol–water partition coefficient (Wildman–Crippen LogP) is 3.20. The number of nitrogens with zero attached hydrogens (tertiary/aromatic N) is 3. The van der Waals surface area contributed by atoms with Crippen LogP contribution in [0.3, 0.4) is 0 Å². The Labute approximate surface area is 113 Å². The van der Waals surface area contributed by atoms with Crippen molar-refractivity contribution in [3.05, 3.63) is 38.9 Å². The lowest BCUT2D eigenvalue weighted by Gasteiger charge is -1.99. The van der Waals surface area contributed by atoms with E-state index in [0.717, 1.165) is 10.6 Å². The first-order valence-electron chi connectivity index (χ1n) is 5.25. The first kappa shape index (κ1) is 12.9. The van der Waals surface area contributed by atoms with Crippen molar-refractivity contribution in [2.75, 3.05) is 5.88 Å². The van der Waals surface area contributed by atoms with Crippen LogP contribution in [0, 0.1) is 17.0 Å². The van der Waals surface area contributed by atoms with Crippen molar-refractivity contribution in [3.63, 3.8) is 0 Å². The molecule has 0 amide bonds. The zero-order chi connectivity index (χ0) is 13.1. The summed E-state index contributed by atoms with van der Waals surface area (Å²) >= 11 is 6.97. The maximum Gasteiger partial charge on any atom is 0.279 e. The van der Waals surface area contributed by atoms with E-state index in [1.807, 2.05) is 6.92 Å². The highest BCUT2D eigenvalue weighted by Crippen LogP contribution is 2.32. The molecular formula is C11H10ClN3O2S. The van der Waals surface area contributed by atoms with Crippen LogP contribution in [0.1, 0.15) is 10.6 Å². The van der Waals surface area contributed by atoms with Crippen LogP contribution in [0.25, 0.3) is 10.6 Å². The van der Waals surface area contributed by atoms with Crippen molar-refractivity contribution >= 4 is 28.6 Å². The molecule has 1 heterocycles. The zero-order valence-corrected chi connectivity index (χ0v) is 11.2. The van der Waals surface area contributed by atoms with E-state index in [0.29, 0.717) is 22.9 Å². The largest absolute Gasteiger partial charge is 0.279 e. The average molecular weight is 284 g/mol. The fraction of sp³-hybridized carbons (Fsp3) is 0.273. The Bertz CT molecular complexity index is 585. The van der Waals surface area contributed by atoms with Crippen LogP contribution >= 0.6 is 22.9 Å². The van der Waals surface area contributed by atoms with Gasteiger partial charge in [0, 0.05) is 18.4 Å². The number of hydrogen-bond acceptors (Lipinski definition) is 5. The molecule has 2 aromatic rings. The van der Waals surface area contributed by atoms with Gasteiger partial charge < -0.3 is 0 Å². The number of rotatable bonds is 4. The molecule has 5 nitrogen and oxygen atoms in total. The van der Waals surface area contributed by atoms with E-state index in [2.05, 4.69) is 10.2 Å². The summed E-state index contributed by atoms with van der Waals surface area (Å²) in [5.41, 5.74) is 1.51. The molecule has 0 radical (unpaired) electrons. The Hall–Kier alpha value is -1.53. The van der Waals surface area contributed by atoms with Crippen LogP contribution < -0.4 is 0 Å². The van der Waals surface area contributed by atoms with Gasteiger partial charge in [-0.05, 0) is 18.6 Å². The van der Waals surface area contributed by atoms with Crippen molar-refractivity contribution in [3.8, 4) is 10.6 Å². The summed E-state index contributed by atoms with van der Waals surface area (Å²) in [6, 6.07) is 4.96. The van der Waals surface area contributed by atoms with Gasteiger partial charge in [0.1, 0.15) is 5.01 Å². The summed E-state index contributed by atoms with van der Waals surface area (Å²) in [6.07, 6.45) is 0.624. The summed E-state index contributed by atoms with van der Waals surface area (Å²) in [7, 11) is 0. The van der Waals surface area contributed by atoms with E-state index in [1.54, 1.807) is 12.1 Å². The van der Waals surface area contributed by atoms with Gasteiger partial charge in [-0.15, -0.1) is 21.8 Å². The summed E-state index contributed by atoms with van der Waals surface area (Å²) < 4.78 is 0. The monoisotopic (exact) mass is 283 g/mol. The Balaban J connectivity index is 2.47. The molecule has 0 N–H and O–H groups in total. The Kier molecular flexibility index (Phi) is 3.88. The van der Waals surface area contributed by atoms with Gasteiger partial charge in [-0.3, -0.25) is 10.1 Å². The minimum absolute atomic E-state index is 0.0502. The molecule has 0 fully saturated rings. The Morgan fingerprint density at radius 3 is 2.89 bits per heavy atom. The second-order valence-electron chi connectivity index (χ2n) is 3.72. The molecule has 18 heavy (non-hydrogen) atoms. The maximum atomic E-state index is 11.0. The van der Waals surface area contributed by atoms with Gasteiger partial charge in [0.15, 0.2) is 5.01 Å². The lowest BCUT2D eigenvalue weighted by Crippen LogP contribution is -1.92. The zero-order valence-electron chi connectivity index (χ0n) is 9.59. The highest BCUT2D eigenvalue weighted by atomic mass is 35.5. The summed E-state index contributed by atoms with van der Waals surface area (Å²) in [6.45, 7) is 1.88. The van der Waals surface area contributed by atoms with Crippen LogP contribution in [0.2, 0.25) is 0 Å². The fourth-order valence-electron chi connectivity index (χ4n) is 1.52. The molecule has 0 spiro atoms. The normalized spacial score (nSPS) is 10.6. The van der Waals surface area contributed by atoms with E-state index in [9.17, 15) is 10.1 Å². The Morgan fingerprint density at radius 1 is 1.44 bits per heavy atom. The molecule has 0 saturated heterocycles. The molecule has 0 unspecified atom stereocenters. The quantitative estimate of drug-likeness (QED) is 0.491. The molecule has 0 atom stereocenters. The number of hydrogen-bond donors (Lipinski definition) is 0. The second-order valence-corrected chi connectivity index (χ2v) is 5.16. The van der Waals surface area contributed by atoms with E-state index in [1.165, 1.54) is 17.4 Å². The van der Waals surface area contributed by atoms with E-state index < -0.39 is 4.92 Å². The SMILES string of the molecule is Cc1ccc([N+](=O)[O-])c(-c2nnc(CCCl)s2)c1. The van der Waals surface area contributed by atoms with Gasteiger partial charge in [-0.1, -0.05) is 17.4 Å². The van der Waals surface area contributed by atoms with Crippen molar-refractivity contribution in [1.29, 1.82) is 0 Å². The molecule has 1 aromatic carbocycles. The second kappa shape index (κ2) is 5.41.